The number of hydrogen-bond donors (Lipinski definition) is 3. The summed E-state index contributed by atoms with van der Waals surface area (Å²) in [5, 5.41) is 9.02. The third-order valence-corrected chi connectivity index (χ3v) is 3.42. The number of carboxylic acid groups (broad SMARTS) is 1. The van der Waals surface area contributed by atoms with Crippen molar-refractivity contribution in [2.75, 3.05) is 0 Å². The number of imidazole rings is 2. The standard InChI is InChI=1S/C15H10N4O2/c20-15(21)9-2-4-11-13(6-9)19-14(18-11)8-1-3-10-12(5-8)17-7-16-10/h1-7H,(H,16,17)(H,18,19)(H,20,21). The van der Waals surface area contributed by atoms with E-state index < -0.39 is 5.97 Å². The van der Waals surface area contributed by atoms with E-state index in [1.807, 2.05) is 18.2 Å². The van der Waals surface area contributed by atoms with Crippen LogP contribution in [0.4, 0.5) is 0 Å². The minimum atomic E-state index is -0.952. The van der Waals surface area contributed by atoms with Crippen LogP contribution in [0.1, 0.15) is 10.4 Å². The zero-order chi connectivity index (χ0) is 14.4. The number of carbonyl (C=O) groups is 1. The second-order valence-corrected chi connectivity index (χ2v) is 4.76. The van der Waals surface area contributed by atoms with Crippen molar-refractivity contribution in [2.45, 2.75) is 0 Å². The first kappa shape index (κ1) is 11.7. The Bertz CT molecular complexity index is 984. The molecule has 0 aliphatic rings. The normalized spacial score (nSPS) is 11.2. The number of nitrogens with zero attached hydrogens (tertiary/aromatic N) is 2. The summed E-state index contributed by atoms with van der Waals surface area (Å²) < 4.78 is 0. The molecule has 6 heteroatoms. The third kappa shape index (κ3) is 1.85. The smallest absolute Gasteiger partial charge is 0.335 e. The van der Waals surface area contributed by atoms with Crippen molar-refractivity contribution in [1.82, 2.24) is 19.9 Å². The van der Waals surface area contributed by atoms with Crippen molar-refractivity contribution in [3.63, 3.8) is 0 Å². The molecule has 0 bridgehead atoms. The molecule has 0 fully saturated rings. The van der Waals surface area contributed by atoms with Crippen molar-refractivity contribution >= 4 is 28.0 Å². The number of fused-ring (bicyclic) bond motifs is 2. The average molecular weight is 278 g/mol. The Labute approximate surface area is 118 Å². The summed E-state index contributed by atoms with van der Waals surface area (Å²) in [5.74, 6) is -0.254. The van der Waals surface area contributed by atoms with E-state index in [4.69, 9.17) is 5.11 Å². The Morgan fingerprint density at radius 2 is 1.90 bits per heavy atom. The fourth-order valence-corrected chi connectivity index (χ4v) is 2.36. The fourth-order valence-electron chi connectivity index (χ4n) is 2.36. The van der Waals surface area contributed by atoms with Gasteiger partial charge in [0.1, 0.15) is 5.82 Å². The van der Waals surface area contributed by atoms with Crippen LogP contribution in [0.25, 0.3) is 33.5 Å². The molecule has 0 amide bonds. The maximum Gasteiger partial charge on any atom is 0.335 e. The maximum atomic E-state index is 11.0. The molecule has 0 radical (unpaired) electrons. The zero-order valence-corrected chi connectivity index (χ0v) is 10.8. The van der Waals surface area contributed by atoms with Gasteiger partial charge < -0.3 is 15.1 Å². The van der Waals surface area contributed by atoms with E-state index in [1.165, 1.54) is 0 Å². The molecule has 102 valence electrons. The molecule has 0 saturated carbocycles. The molecular weight excluding hydrogens is 268 g/mol. The van der Waals surface area contributed by atoms with Gasteiger partial charge in [-0.3, -0.25) is 0 Å². The van der Waals surface area contributed by atoms with Gasteiger partial charge in [0.05, 0.1) is 34.0 Å². The Morgan fingerprint density at radius 3 is 2.76 bits per heavy atom. The molecule has 21 heavy (non-hydrogen) atoms. The molecule has 3 N–H and O–H groups in total. The van der Waals surface area contributed by atoms with E-state index in [0.717, 1.165) is 22.1 Å². The molecule has 6 nitrogen and oxygen atoms in total. The lowest BCUT2D eigenvalue weighted by Gasteiger charge is -1.96. The van der Waals surface area contributed by atoms with E-state index in [2.05, 4.69) is 19.9 Å². The number of aromatic amines is 2. The summed E-state index contributed by atoms with van der Waals surface area (Å²) in [6.45, 7) is 0. The predicted molar refractivity (Wildman–Crippen MR) is 78.1 cm³/mol. The van der Waals surface area contributed by atoms with Crippen LogP contribution in [0.2, 0.25) is 0 Å². The van der Waals surface area contributed by atoms with E-state index in [1.54, 1.807) is 24.5 Å². The number of aromatic carboxylic acids is 1. The monoisotopic (exact) mass is 278 g/mol. The first-order valence-electron chi connectivity index (χ1n) is 6.37. The van der Waals surface area contributed by atoms with Crippen LogP contribution in [0.5, 0.6) is 0 Å². The quantitative estimate of drug-likeness (QED) is 0.525. The SMILES string of the molecule is O=C(O)c1ccc2nc(-c3ccc4nc[nH]c4c3)[nH]c2c1. The number of benzene rings is 2. The molecule has 0 aliphatic carbocycles. The third-order valence-electron chi connectivity index (χ3n) is 3.42. The van der Waals surface area contributed by atoms with Crippen LogP contribution in [-0.4, -0.2) is 31.0 Å². The number of aromatic nitrogens is 4. The number of rotatable bonds is 2. The second kappa shape index (κ2) is 4.17. The number of carboxylic acids is 1. The van der Waals surface area contributed by atoms with Gasteiger partial charge in [-0.2, -0.15) is 0 Å². The topological polar surface area (TPSA) is 94.7 Å². The number of hydrogen-bond acceptors (Lipinski definition) is 3. The van der Waals surface area contributed by atoms with Crippen LogP contribution in [-0.2, 0) is 0 Å². The molecule has 2 aromatic heterocycles. The summed E-state index contributed by atoms with van der Waals surface area (Å²) in [7, 11) is 0. The average Bonchev–Trinajstić information content (AvgIpc) is 3.11. The zero-order valence-electron chi connectivity index (χ0n) is 10.8. The van der Waals surface area contributed by atoms with Crippen LogP contribution in [0.3, 0.4) is 0 Å². The summed E-state index contributed by atoms with van der Waals surface area (Å²) in [6.07, 6.45) is 1.65. The predicted octanol–water partition coefficient (Wildman–Crippen LogP) is 2.80. The Balaban J connectivity index is 1.87. The highest BCUT2D eigenvalue weighted by molar-refractivity contribution is 5.93. The van der Waals surface area contributed by atoms with Gasteiger partial charge >= 0.3 is 5.97 Å². The Morgan fingerprint density at radius 1 is 1.05 bits per heavy atom. The van der Waals surface area contributed by atoms with Crippen LogP contribution >= 0.6 is 0 Å². The molecule has 0 atom stereocenters. The second-order valence-electron chi connectivity index (χ2n) is 4.76. The summed E-state index contributed by atoms with van der Waals surface area (Å²) in [4.78, 5) is 25.9. The summed E-state index contributed by atoms with van der Waals surface area (Å²) in [5.41, 5.74) is 4.41. The Kier molecular flexibility index (Phi) is 2.32. The van der Waals surface area contributed by atoms with Gasteiger partial charge in [-0.15, -0.1) is 0 Å². The van der Waals surface area contributed by atoms with Gasteiger partial charge in [-0.25, -0.2) is 14.8 Å². The number of H-pyrrole nitrogens is 2. The molecule has 2 aromatic carbocycles. The van der Waals surface area contributed by atoms with Crippen molar-refractivity contribution in [3.8, 4) is 11.4 Å². The molecule has 0 unspecified atom stereocenters. The van der Waals surface area contributed by atoms with Gasteiger partial charge in [-0.1, -0.05) is 0 Å². The Hall–Kier alpha value is -3.15. The van der Waals surface area contributed by atoms with E-state index in [9.17, 15) is 4.79 Å². The van der Waals surface area contributed by atoms with Crippen LogP contribution in [0, 0.1) is 0 Å². The lowest BCUT2D eigenvalue weighted by molar-refractivity contribution is 0.0697. The van der Waals surface area contributed by atoms with Crippen molar-refractivity contribution in [2.24, 2.45) is 0 Å². The highest BCUT2D eigenvalue weighted by Crippen LogP contribution is 2.23. The van der Waals surface area contributed by atoms with Gasteiger partial charge in [0.15, 0.2) is 0 Å². The van der Waals surface area contributed by atoms with Crippen LogP contribution in [0.15, 0.2) is 42.7 Å². The lowest BCUT2D eigenvalue weighted by atomic mass is 10.2. The van der Waals surface area contributed by atoms with Gasteiger partial charge in [0, 0.05) is 5.56 Å². The van der Waals surface area contributed by atoms with Gasteiger partial charge in [0.25, 0.3) is 0 Å². The number of nitrogens with one attached hydrogen (secondary N) is 2. The van der Waals surface area contributed by atoms with Crippen molar-refractivity contribution in [3.05, 3.63) is 48.3 Å². The van der Waals surface area contributed by atoms with Gasteiger partial charge in [0.2, 0.25) is 0 Å². The largest absolute Gasteiger partial charge is 0.478 e. The maximum absolute atomic E-state index is 11.0. The highest BCUT2D eigenvalue weighted by Gasteiger charge is 2.09. The van der Waals surface area contributed by atoms with E-state index in [-0.39, 0.29) is 5.56 Å². The van der Waals surface area contributed by atoms with Crippen molar-refractivity contribution in [1.29, 1.82) is 0 Å². The molecule has 4 aromatic rings. The molecular formula is C15H10N4O2. The first-order valence-corrected chi connectivity index (χ1v) is 6.37. The fraction of sp³-hybridized carbons (Fsp3) is 0. The summed E-state index contributed by atoms with van der Waals surface area (Å²) >= 11 is 0. The molecule has 2 heterocycles. The summed E-state index contributed by atoms with van der Waals surface area (Å²) in [6, 6.07) is 10.6. The molecule has 0 spiro atoms. The minimum Gasteiger partial charge on any atom is -0.478 e. The minimum absolute atomic E-state index is 0.238. The van der Waals surface area contributed by atoms with E-state index >= 15 is 0 Å². The van der Waals surface area contributed by atoms with Gasteiger partial charge in [-0.05, 0) is 36.4 Å². The van der Waals surface area contributed by atoms with E-state index in [0.29, 0.717) is 11.3 Å². The molecule has 4 rings (SSSR count). The molecule has 0 aliphatic heterocycles. The van der Waals surface area contributed by atoms with Crippen molar-refractivity contribution < 1.29 is 9.90 Å². The molecule has 0 saturated heterocycles. The first-order chi connectivity index (χ1) is 10.2. The highest BCUT2D eigenvalue weighted by atomic mass is 16.4. The van der Waals surface area contributed by atoms with Crippen LogP contribution < -0.4 is 0 Å². The lowest BCUT2D eigenvalue weighted by Crippen LogP contribution is -1.94.